The maximum Gasteiger partial charge on any atom is 0.294 e. The second kappa shape index (κ2) is 6.79. The number of hydrogen-bond acceptors (Lipinski definition) is 4. The highest BCUT2D eigenvalue weighted by atomic mass is 32.2. The quantitative estimate of drug-likeness (QED) is 0.754. The molecule has 0 unspecified atom stereocenters. The second-order valence-electron chi connectivity index (χ2n) is 5.71. The average molecular weight is 372 g/mol. The van der Waals surface area contributed by atoms with Gasteiger partial charge in [0, 0.05) is 0 Å². The van der Waals surface area contributed by atoms with Crippen molar-refractivity contribution >= 4 is 31.0 Å². The van der Waals surface area contributed by atoms with E-state index in [-0.39, 0.29) is 9.79 Å². The molecule has 0 amide bonds. The van der Waals surface area contributed by atoms with Crippen LogP contribution in [0.5, 0.6) is 0 Å². The van der Waals surface area contributed by atoms with E-state index in [0.29, 0.717) is 18.2 Å². The molecule has 0 spiro atoms. The number of fused-ring (bicyclic) bond motifs is 1. The molecule has 0 heterocycles. The smallest absolute Gasteiger partial charge is 0.282 e. The highest BCUT2D eigenvalue weighted by Gasteiger charge is 2.19. The zero-order valence-electron chi connectivity index (χ0n) is 13.5. The van der Waals surface area contributed by atoms with E-state index in [2.05, 4.69) is 0 Å². The molecule has 24 heavy (non-hydrogen) atoms. The van der Waals surface area contributed by atoms with Crippen LogP contribution >= 0.6 is 0 Å². The molecule has 0 aliphatic heterocycles. The molecule has 8 heteroatoms. The third kappa shape index (κ3) is 3.94. The Bertz CT molecular complexity index is 899. The van der Waals surface area contributed by atoms with Gasteiger partial charge >= 0.3 is 0 Å². The SMILES string of the molecule is CCCc1cc(S(=O)(=O)O)cc2cc(S(=O)(=O)O)cc(CCC)c12. The van der Waals surface area contributed by atoms with Crippen molar-refractivity contribution in [3.63, 3.8) is 0 Å². The predicted octanol–water partition coefficient (Wildman–Crippen LogP) is 3.24. The average Bonchev–Trinajstić information content (AvgIpc) is 2.45. The van der Waals surface area contributed by atoms with E-state index in [0.717, 1.165) is 29.4 Å². The molecule has 6 nitrogen and oxygen atoms in total. The summed E-state index contributed by atoms with van der Waals surface area (Å²) in [6, 6.07) is 5.32. The van der Waals surface area contributed by atoms with Crippen molar-refractivity contribution in [3.8, 4) is 0 Å². The van der Waals surface area contributed by atoms with Gasteiger partial charge in [-0.05, 0) is 59.0 Å². The zero-order valence-corrected chi connectivity index (χ0v) is 15.1. The first kappa shape index (κ1) is 18.9. The lowest BCUT2D eigenvalue weighted by Gasteiger charge is -2.14. The Labute approximate surface area is 142 Å². The Morgan fingerprint density at radius 2 is 1.12 bits per heavy atom. The maximum atomic E-state index is 11.5. The normalized spacial score (nSPS) is 12.7. The molecule has 0 fully saturated rings. The molecule has 0 aromatic heterocycles. The van der Waals surface area contributed by atoms with Crippen molar-refractivity contribution in [3.05, 3.63) is 35.4 Å². The van der Waals surface area contributed by atoms with Crippen LogP contribution in [-0.4, -0.2) is 25.9 Å². The van der Waals surface area contributed by atoms with Gasteiger partial charge < -0.3 is 0 Å². The molecule has 0 aliphatic carbocycles. The number of aryl methyl sites for hydroxylation is 2. The summed E-state index contributed by atoms with van der Waals surface area (Å²) in [4.78, 5) is -0.568. The second-order valence-corrected chi connectivity index (χ2v) is 8.56. The Morgan fingerprint density at radius 3 is 1.42 bits per heavy atom. The summed E-state index contributed by atoms with van der Waals surface area (Å²) >= 11 is 0. The summed E-state index contributed by atoms with van der Waals surface area (Å²) in [5.74, 6) is 0. The fraction of sp³-hybridized carbons (Fsp3) is 0.375. The van der Waals surface area contributed by atoms with Gasteiger partial charge in [-0.25, -0.2) is 0 Å². The van der Waals surface area contributed by atoms with Crippen LogP contribution in [-0.2, 0) is 33.1 Å². The van der Waals surface area contributed by atoms with Crippen molar-refractivity contribution in [2.24, 2.45) is 0 Å². The highest BCUT2D eigenvalue weighted by Crippen LogP contribution is 2.31. The van der Waals surface area contributed by atoms with Gasteiger partial charge in [-0.2, -0.15) is 16.8 Å². The first-order valence-electron chi connectivity index (χ1n) is 7.62. The van der Waals surface area contributed by atoms with E-state index in [4.69, 9.17) is 0 Å². The fourth-order valence-corrected chi connectivity index (χ4v) is 4.01. The zero-order chi connectivity index (χ0) is 18.1. The van der Waals surface area contributed by atoms with Crippen LogP contribution < -0.4 is 0 Å². The lowest BCUT2D eigenvalue weighted by molar-refractivity contribution is 0.481. The summed E-state index contributed by atoms with van der Waals surface area (Å²) in [5, 5.41) is 1.14. The van der Waals surface area contributed by atoms with Gasteiger partial charge in [-0.15, -0.1) is 0 Å². The molecule has 0 aliphatic rings. The van der Waals surface area contributed by atoms with Crippen molar-refractivity contribution in [2.45, 2.75) is 49.3 Å². The highest BCUT2D eigenvalue weighted by molar-refractivity contribution is 7.86. The number of benzene rings is 2. The van der Waals surface area contributed by atoms with E-state index in [9.17, 15) is 25.9 Å². The van der Waals surface area contributed by atoms with Gasteiger partial charge in [0.15, 0.2) is 0 Å². The molecule has 0 radical (unpaired) electrons. The van der Waals surface area contributed by atoms with Gasteiger partial charge in [0.2, 0.25) is 0 Å². The van der Waals surface area contributed by atoms with Crippen LogP contribution in [0.2, 0.25) is 0 Å². The van der Waals surface area contributed by atoms with E-state index in [1.165, 1.54) is 24.3 Å². The van der Waals surface area contributed by atoms with Gasteiger partial charge in [-0.3, -0.25) is 9.11 Å². The van der Waals surface area contributed by atoms with Crippen LogP contribution in [0.4, 0.5) is 0 Å². The minimum Gasteiger partial charge on any atom is -0.282 e. The maximum absolute atomic E-state index is 11.5. The van der Waals surface area contributed by atoms with Crippen LogP contribution in [0.3, 0.4) is 0 Å². The molecule has 2 aromatic carbocycles. The summed E-state index contributed by atoms with van der Waals surface area (Å²) in [7, 11) is -8.84. The first-order chi connectivity index (χ1) is 11.1. The van der Waals surface area contributed by atoms with Crippen LogP contribution in [0, 0.1) is 0 Å². The molecular weight excluding hydrogens is 352 g/mol. The molecule has 2 aromatic rings. The van der Waals surface area contributed by atoms with Gasteiger partial charge in [0.1, 0.15) is 0 Å². The van der Waals surface area contributed by atoms with Crippen molar-refractivity contribution in [1.82, 2.24) is 0 Å². The van der Waals surface area contributed by atoms with Gasteiger partial charge in [0.05, 0.1) is 9.79 Å². The molecule has 2 rings (SSSR count). The minimum absolute atomic E-state index is 0.284. The molecular formula is C16H20O6S2. The van der Waals surface area contributed by atoms with Crippen molar-refractivity contribution in [1.29, 1.82) is 0 Å². The van der Waals surface area contributed by atoms with Crippen molar-refractivity contribution in [2.75, 3.05) is 0 Å². The molecule has 0 bridgehead atoms. The van der Waals surface area contributed by atoms with Crippen LogP contribution in [0.1, 0.15) is 37.8 Å². The largest absolute Gasteiger partial charge is 0.294 e. The predicted molar refractivity (Wildman–Crippen MR) is 91.6 cm³/mol. The van der Waals surface area contributed by atoms with Crippen LogP contribution in [0.25, 0.3) is 10.8 Å². The van der Waals surface area contributed by atoms with E-state index in [1.54, 1.807) is 0 Å². The standard InChI is InChI=1S/C16H20O6S2/c1-3-5-11-7-14(23(17,18)19)9-13-10-15(24(20,21)22)8-12(6-4-2)16(11)13/h7-10H,3-6H2,1-2H3,(H,17,18,19)(H,20,21,22). The summed E-state index contributed by atoms with van der Waals surface area (Å²) in [5.41, 5.74) is 1.46. The van der Waals surface area contributed by atoms with E-state index in [1.807, 2.05) is 13.8 Å². The summed E-state index contributed by atoms with van der Waals surface area (Å²) < 4.78 is 64.7. The third-order valence-electron chi connectivity index (χ3n) is 3.79. The van der Waals surface area contributed by atoms with E-state index >= 15 is 0 Å². The molecule has 132 valence electrons. The first-order valence-corrected chi connectivity index (χ1v) is 10.5. The molecule has 0 atom stereocenters. The van der Waals surface area contributed by atoms with E-state index < -0.39 is 20.2 Å². The van der Waals surface area contributed by atoms with Crippen LogP contribution in [0.15, 0.2) is 34.1 Å². The summed E-state index contributed by atoms with van der Waals surface area (Å²) in [6.07, 6.45) is 2.69. The lowest BCUT2D eigenvalue weighted by Crippen LogP contribution is -2.04. The third-order valence-corrected chi connectivity index (χ3v) is 5.46. The number of rotatable bonds is 6. The molecule has 2 N–H and O–H groups in total. The monoisotopic (exact) mass is 372 g/mol. The minimum atomic E-state index is -4.42. The Morgan fingerprint density at radius 1 is 0.750 bits per heavy atom. The molecule has 0 saturated heterocycles. The summed E-state index contributed by atoms with van der Waals surface area (Å²) in [6.45, 7) is 3.88. The van der Waals surface area contributed by atoms with Gasteiger partial charge in [-0.1, -0.05) is 26.7 Å². The lowest BCUT2D eigenvalue weighted by atomic mass is 9.94. The number of hydrogen-bond donors (Lipinski definition) is 2. The Balaban J connectivity index is 2.96. The van der Waals surface area contributed by atoms with Gasteiger partial charge in [0.25, 0.3) is 20.2 Å². The Kier molecular flexibility index (Phi) is 5.34. The fourth-order valence-electron chi connectivity index (χ4n) is 2.87. The molecule has 0 saturated carbocycles. The van der Waals surface area contributed by atoms with Crippen molar-refractivity contribution < 1.29 is 25.9 Å². The topological polar surface area (TPSA) is 109 Å². The Hall–Kier alpha value is -1.48.